The first kappa shape index (κ1) is 19.5. The summed E-state index contributed by atoms with van der Waals surface area (Å²) in [7, 11) is 0. The Hall–Kier alpha value is -0.500. The van der Waals surface area contributed by atoms with Crippen molar-refractivity contribution in [2.45, 2.75) is 97.3 Å². The largest absolute Gasteiger partial charge is 0.492 e. The van der Waals surface area contributed by atoms with Crippen molar-refractivity contribution in [2.75, 3.05) is 6.61 Å². The zero-order valence-electron chi connectivity index (χ0n) is 14.9. The summed E-state index contributed by atoms with van der Waals surface area (Å²) in [5.41, 5.74) is 0. The van der Waals surface area contributed by atoms with E-state index in [1.54, 1.807) is 11.3 Å². The van der Waals surface area contributed by atoms with Crippen LogP contribution < -0.4 is 4.74 Å². The van der Waals surface area contributed by atoms with E-state index in [2.05, 4.69) is 25.3 Å². The smallest absolute Gasteiger partial charge is 0.132 e. The van der Waals surface area contributed by atoms with Gasteiger partial charge in [-0.2, -0.15) is 0 Å². The normalized spacial score (nSPS) is 11.0. The Bertz CT molecular complexity index is 345. The van der Waals surface area contributed by atoms with Gasteiger partial charge in [0.2, 0.25) is 0 Å². The lowest BCUT2D eigenvalue weighted by Crippen LogP contribution is -1.97. The van der Waals surface area contributed by atoms with Crippen LogP contribution in [0.2, 0.25) is 0 Å². The van der Waals surface area contributed by atoms with Gasteiger partial charge in [0.25, 0.3) is 0 Å². The number of unbranched alkanes of at least 4 members (excludes halogenated alkanes) is 12. The maximum absolute atomic E-state index is 5.79. The molecule has 0 bridgehead atoms. The predicted molar refractivity (Wildman–Crippen MR) is 100 cm³/mol. The summed E-state index contributed by atoms with van der Waals surface area (Å²) >= 11 is 1.77. The van der Waals surface area contributed by atoms with E-state index in [0.717, 1.165) is 12.4 Å². The van der Waals surface area contributed by atoms with Gasteiger partial charge in [0, 0.05) is 4.88 Å². The number of ether oxygens (including phenoxy) is 1. The number of hydrogen-bond acceptors (Lipinski definition) is 2. The third kappa shape index (κ3) is 10.3. The molecular formula is C20H36OS. The van der Waals surface area contributed by atoms with E-state index in [1.165, 1.54) is 88.3 Å². The Labute approximate surface area is 142 Å². The molecule has 0 aliphatic carbocycles. The zero-order chi connectivity index (χ0) is 15.9. The summed E-state index contributed by atoms with van der Waals surface area (Å²) in [6.07, 6.45) is 18.2. The third-order valence-corrected chi connectivity index (χ3v) is 5.14. The van der Waals surface area contributed by atoms with Gasteiger partial charge < -0.3 is 4.74 Å². The molecule has 2 heteroatoms. The van der Waals surface area contributed by atoms with Crippen LogP contribution in [-0.4, -0.2) is 6.61 Å². The van der Waals surface area contributed by atoms with Gasteiger partial charge in [-0.15, -0.1) is 11.3 Å². The molecule has 0 aromatic carbocycles. The highest BCUT2D eigenvalue weighted by molar-refractivity contribution is 7.10. The first-order valence-electron chi connectivity index (χ1n) is 9.51. The molecule has 1 aromatic heterocycles. The van der Waals surface area contributed by atoms with E-state index >= 15 is 0 Å². The van der Waals surface area contributed by atoms with Crippen LogP contribution in [0.5, 0.6) is 5.75 Å². The lowest BCUT2D eigenvalue weighted by molar-refractivity contribution is 0.304. The molecule has 0 saturated carbocycles. The summed E-state index contributed by atoms with van der Waals surface area (Å²) < 4.78 is 5.79. The molecule has 128 valence electrons. The molecule has 0 amide bonds. The second-order valence-corrected chi connectivity index (χ2v) is 7.55. The minimum Gasteiger partial charge on any atom is -0.492 e. The molecule has 0 aliphatic rings. The fraction of sp³-hybridized carbons (Fsp3) is 0.800. The van der Waals surface area contributed by atoms with Gasteiger partial charge in [-0.25, -0.2) is 0 Å². The maximum Gasteiger partial charge on any atom is 0.132 e. The second-order valence-electron chi connectivity index (χ2n) is 6.43. The van der Waals surface area contributed by atoms with Crippen molar-refractivity contribution in [3.63, 3.8) is 0 Å². The average Bonchev–Trinajstić information content (AvgIpc) is 2.93. The van der Waals surface area contributed by atoms with E-state index in [4.69, 9.17) is 4.74 Å². The van der Waals surface area contributed by atoms with Crippen LogP contribution in [-0.2, 0) is 0 Å². The van der Waals surface area contributed by atoms with Crippen molar-refractivity contribution in [3.05, 3.63) is 16.3 Å². The van der Waals surface area contributed by atoms with Gasteiger partial charge in [-0.1, -0.05) is 84.0 Å². The van der Waals surface area contributed by atoms with Crippen LogP contribution in [0.3, 0.4) is 0 Å². The third-order valence-electron chi connectivity index (χ3n) is 4.32. The molecule has 1 heterocycles. The lowest BCUT2D eigenvalue weighted by atomic mass is 10.0. The molecule has 0 N–H and O–H groups in total. The molecule has 1 nitrogen and oxygen atoms in total. The fourth-order valence-corrected chi connectivity index (χ4v) is 3.46. The maximum atomic E-state index is 5.79. The standard InChI is InChI=1S/C20H36OS/c1-3-4-5-6-7-8-9-10-11-12-13-14-15-17-21-20-16-18-22-19(20)2/h16,18H,3-15,17H2,1-2H3. The highest BCUT2D eigenvalue weighted by Crippen LogP contribution is 2.23. The van der Waals surface area contributed by atoms with Crippen molar-refractivity contribution in [3.8, 4) is 5.75 Å². The Morgan fingerprint density at radius 3 is 1.73 bits per heavy atom. The monoisotopic (exact) mass is 324 g/mol. The quantitative estimate of drug-likeness (QED) is 0.303. The lowest BCUT2D eigenvalue weighted by Gasteiger charge is -2.05. The topological polar surface area (TPSA) is 9.23 Å². The van der Waals surface area contributed by atoms with E-state index in [9.17, 15) is 0 Å². The molecular weight excluding hydrogens is 288 g/mol. The van der Waals surface area contributed by atoms with Gasteiger partial charge in [-0.05, 0) is 24.8 Å². The number of thiophene rings is 1. The van der Waals surface area contributed by atoms with E-state index < -0.39 is 0 Å². The molecule has 22 heavy (non-hydrogen) atoms. The summed E-state index contributed by atoms with van der Waals surface area (Å²) in [6.45, 7) is 5.30. The zero-order valence-corrected chi connectivity index (χ0v) is 15.7. The van der Waals surface area contributed by atoms with Crippen LogP contribution in [0, 0.1) is 6.92 Å². The molecule has 0 fully saturated rings. The highest BCUT2D eigenvalue weighted by atomic mass is 32.1. The second kappa shape index (κ2) is 14.1. The molecule has 0 atom stereocenters. The Morgan fingerprint density at radius 2 is 1.27 bits per heavy atom. The summed E-state index contributed by atoms with van der Waals surface area (Å²) in [6, 6.07) is 2.09. The number of aryl methyl sites for hydroxylation is 1. The summed E-state index contributed by atoms with van der Waals surface area (Å²) in [5.74, 6) is 1.09. The minimum atomic E-state index is 0.884. The van der Waals surface area contributed by atoms with Crippen molar-refractivity contribution in [2.24, 2.45) is 0 Å². The highest BCUT2D eigenvalue weighted by Gasteiger charge is 1.99. The molecule has 0 radical (unpaired) electrons. The van der Waals surface area contributed by atoms with Gasteiger partial charge in [0.05, 0.1) is 6.61 Å². The van der Waals surface area contributed by atoms with Crippen LogP contribution in [0.1, 0.15) is 95.3 Å². The van der Waals surface area contributed by atoms with Crippen LogP contribution >= 0.6 is 11.3 Å². The van der Waals surface area contributed by atoms with Gasteiger partial charge in [-0.3, -0.25) is 0 Å². The molecule has 0 saturated heterocycles. The van der Waals surface area contributed by atoms with Gasteiger partial charge >= 0.3 is 0 Å². The Balaban J connectivity index is 1.74. The first-order chi connectivity index (χ1) is 10.8. The molecule has 0 aliphatic heterocycles. The van der Waals surface area contributed by atoms with Gasteiger partial charge in [0.15, 0.2) is 0 Å². The van der Waals surface area contributed by atoms with Crippen LogP contribution in [0.25, 0.3) is 0 Å². The van der Waals surface area contributed by atoms with Crippen LogP contribution in [0.4, 0.5) is 0 Å². The summed E-state index contributed by atoms with van der Waals surface area (Å²) in [4.78, 5) is 1.30. The fourth-order valence-electron chi connectivity index (χ4n) is 2.83. The van der Waals surface area contributed by atoms with E-state index in [-0.39, 0.29) is 0 Å². The molecule has 0 spiro atoms. The summed E-state index contributed by atoms with van der Waals surface area (Å²) in [5, 5.41) is 2.11. The minimum absolute atomic E-state index is 0.884. The van der Waals surface area contributed by atoms with E-state index in [0.29, 0.717) is 0 Å². The average molecular weight is 325 g/mol. The molecule has 0 unspecified atom stereocenters. The number of rotatable bonds is 15. The SMILES string of the molecule is CCCCCCCCCCCCCCCOc1ccsc1C. The molecule has 1 rings (SSSR count). The van der Waals surface area contributed by atoms with Gasteiger partial charge in [0.1, 0.15) is 5.75 Å². The van der Waals surface area contributed by atoms with Crippen LogP contribution in [0.15, 0.2) is 11.4 Å². The predicted octanol–water partition coefficient (Wildman–Crippen LogP) is 7.53. The Kier molecular flexibility index (Phi) is 12.5. The van der Waals surface area contributed by atoms with Crippen molar-refractivity contribution in [1.29, 1.82) is 0 Å². The van der Waals surface area contributed by atoms with E-state index in [1.807, 2.05) is 0 Å². The Morgan fingerprint density at radius 1 is 0.773 bits per heavy atom. The molecule has 1 aromatic rings. The van der Waals surface area contributed by atoms with Crippen molar-refractivity contribution >= 4 is 11.3 Å². The first-order valence-corrected chi connectivity index (χ1v) is 10.4. The van der Waals surface area contributed by atoms with Crippen molar-refractivity contribution < 1.29 is 4.74 Å². The van der Waals surface area contributed by atoms with Crippen molar-refractivity contribution in [1.82, 2.24) is 0 Å². The number of hydrogen-bond donors (Lipinski definition) is 0.